The van der Waals surface area contributed by atoms with Crippen LogP contribution in [0.1, 0.15) is 34.2 Å². The molecule has 0 fully saturated rings. The second-order valence-electron chi connectivity index (χ2n) is 7.97. The molecule has 0 spiro atoms. The number of aromatic nitrogens is 2. The van der Waals surface area contributed by atoms with Crippen LogP contribution in [0.5, 0.6) is 11.5 Å². The molecule has 0 bridgehead atoms. The molecule has 0 aliphatic heterocycles. The molecule has 4 aromatic rings. The first-order valence-electron chi connectivity index (χ1n) is 11.4. The zero-order valence-electron chi connectivity index (χ0n) is 19.4. The van der Waals surface area contributed by atoms with Gasteiger partial charge < -0.3 is 20.4 Å². The van der Waals surface area contributed by atoms with E-state index in [0.717, 1.165) is 0 Å². The summed E-state index contributed by atoms with van der Waals surface area (Å²) >= 11 is 0. The van der Waals surface area contributed by atoms with Gasteiger partial charge in [-0.1, -0.05) is 30.3 Å². The molecule has 8 heteroatoms. The van der Waals surface area contributed by atoms with Crippen LogP contribution in [0.3, 0.4) is 0 Å². The fourth-order valence-corrected chi connectivity index (χ4v) is 3.51. The third kappa shape index (κ3) is 6.18. The number of aromatic hydroxyl groups is 2. The Balaban J connectivity index is 1.44. The molecule has 2 aromatic heterocycles. The molecule has 1 unspecified atom stereocenters. The van der Waals surface area contributed by atoms with Crippen molar-refractivity contribution in [2.45, 2.75) is 12.7 Å². The van der Waals surface area contributed by atoms with E-state index in [1.165, 1.54) is 12.3 Å². The van der Waals surface area contributed by atoms with Crippen molar-refractivity contribution < 1.29 is 20.4 Å². The highest BCUT2D eigenvalue weighted by Crippen LogP contribution is 2.26. The van der Waals surface area contributed by atoms with Crippen LogP contribution in [0, 0.1) is 0 Å². The van der Waals surface area contributed by atoms with Crippen molar-refractivity contribution in [2.24, 2.45) is 9.98 Å². The minimum atomic E-state index is -1.03. The second kappa shape index (κ2) is 11.8. The molecule has 0 aliphatic carbocycles. The minimum absolute atomic E-state index is 0.0409. The van der Waals surface area contributed by atoms with Crippen molar-refractivity contribution in [3.05, 3.63) is 107 Å². The largest absolute Gasteiger partial charge is 0.507 e. The number of aliphatic hydroxyl groups is 2. The van der Waals surface area contributed by atoms with Crippen LogP contribution in [0.4, 0.5) is 0 Å². The molecule has 0 saturated heterocycles. The number of hydrogen-bond acceptors (Lipinski definition) is 8. The van der Waals surface area contributed by atoms with Crippen molar-refractivity contribution in [2.75, 3.05) is 13.1 Å². The highest BCUT2D eigenvalue weighted by atomic mass is 16.3. The Morgan fingerprint density at radius 3 is 2.14 bits per heavy atom. The summed E-state index contributed by atoms with van der Waals surface area (Å²) in [5.74, 6) is 0.208. The molecular weight excluding hydrogens is 456 g/mol. The number of hydrogen-bond donors (Lipinski definition) is 4. The summed E-state index contributed by atoms with van der Waals surface area (Å²) in [6.07, 6.45) is 2.10. The van der Waals surface area contributed by atoms with Gasteiger partial charge in [0.15, 0.2) is 0 Å². The molecule has 0 radical (unpaired) electrons. The topological polar surface area (TPSA) is 131 Å². The standard InChI is InChI=1S/C28H26N4O4/c33-18-22-6-3-7-23(31-22)24-8-4-9-25(32-24)28(36)19-11-12-27(35)21(15-19)17-30-14-13-29-16-20-5-1-2-10-26(20)34/h1-12,15-17,28,33-36H,13-14,18H2/b29-16+,30-17+. The normalized spacial score (nSPS) is 12.4. The number of nitrogens with zero attached hydrogens (tertiary/aromatic N) is 4. The van der Waals surface area contributed by atoms with Gasteiger partial charge in [-0.25, -0.2) is 9.97 Å². The molecule has 182 valence electrons. The lowest BCUT2D eigenvalue weighted by molar-refractivity contribution is 0.215. The quantitative estimate of drug-likeness (QED) is 0.213. The first-order valence-corrected chi connectivity index (χ1v) is 11.4. The van der Waals surface area contributed by atoms with E-state index in [1.807, 2.05) is 6.07 Å². The summed E-state index contributed by atoms with van der Waals surface area (Å²) in [6.45, 7) is 0.632. The van der Waals surface area contributed by atoms with Crippen LogP contribution < -0.4 is 0 Å². The fourth-order valence-electron chi connectivity index (χ4n) is 3.51. The van der Waals surface area contributed by atoms with E-state index in [9.17, 15) is 20.4 Å². The molecule has 2 aromatic carbocycles. The van der Waals surface area contributed by atoms with E-state index in [2.05, 4.69) is 20.0 Å². The molecule has 1 atom stereocenters. The maximum absolute atomic E-state index is 11.0. The Morgan fingerprint density at radius 2 is 1.39 bits per heavy atom. The Bertz CT molecular complexity index is 1390. The van der Waals surface area contributed by atoms with Gasteiger partial charge in [0.1, 0.15) is 17.6 Å². The number of rotatable bonds is 9. The fraction of sp³-hybridized carbons (Fsp3) is 0.143. The van der Waals surface area contributed by atoms with E-state index in [1.54, 1.807) is 72.9 Å². The van der Waals surface area contributed by atoms with Gasteiger partial charge in [0.2, 0.25) is 0 Å². The molecular formula is C28H26N4O4. The number of benzene rings is 2. The first kappa shape index (κ1) is 24.7. The summed E-state index contributed by atoms with van der Waals surface area (Å²) in [4.78, 5) is 17.5. The first-order chi connectivity index (χ1) is 17.5. The van der Waals surface area contributed by atoms with Crippen molar-refractivity contribution >= 4 is 12.4 Å². The predicted octanol–water partition coefficient (Wildman–Crippen LogP) is 3.67. The van der Waals surface area contributed by atoms with Gasteiger partial charge in [-0.3, -0.25) is 9.98 Å². The van der Waals surface area contributed by atoms with E-state index in [4.69, 9.17) is 0 Å². The van der Waals surface area contributed by atoms with Crippen molar-refractivity contribution in [1.29, 1.82) is 0 Å². The van der Waals surface area contributed by atoms with Crippen molar-refractivity contribution in [3.8, 4) is 22.9 Å². The van der Waals surface area contributed by atoms with Gasteiger partial charge in [-0.15, -0.1) is 0 Å². The minimum Gasteiger partial charge on any atom is -0.507 e. The smallest absolute Gasteiger partial charge is 0.124 e. The van der Waals surface area contributed by atoms with Gasteiger partial charge in [0.25, 0.3) is 0 Å². The van der Waals surface area contributed by atoms with Gasteiger partial charge in [-0.05, 0) is 54.1 Å². The van der Waals surface area contributed by atoms with E-state index in [0.29, 0.717) is 52.6 Å². The Hall–Kier alpha value is -4.40. The Kier molecular flexibility index (Phi) is 8.12. The Labute approximate surface area is 208 Å². The van der Waals surface area contributed by atoms with Gasteiger partial charge in [0.05, 0.1) is 42.5 Å². The maximum Gasteiger partial charge on any atom is 0.124 e. The molecule has 0 aliphatic rings. The lowest BCUT2D eigenvalue weighted by atomic mass is 10.0. The summed E-state index contributed by atoms with van der Waals surface area (Å²) in [5.41, 5.74) is 3.78. The van der Waals surface area contributed by atoms with Crippen LogP contribution in [-0.4, -0.2) is 55.9 Å². The van der Waals surface area contributed by atoms with Crippen LogP contribution in [0.15, 0.2) is 88.8 Å². The van der Waals surface area contributed by atoms with Crippen LogP contribution in [-0.2, 0) is 6.61 Å². The molecule has 8 nitrogen and oxygen atoms in total. The monoisotopic (exact) mass is 482 g/mol. The van der Waals surface area contributed by atoms with Crippen LogP contribution >= 0.6 is 0 Å². The zero-order valence-corrected chi connectivity index (χ0v) is 19.4. The third-order valence-corrected chi connectivity index (χ3v) is 5.41. The SMILES string of the molecule is OCc1cccc(-c2cccc(C(O)c3ccc(O)c(/C=N/CC/N=C/c4ccccc4O)c3)n2)n1. The molecule has 2 heterocycles. The van der Waals surface area contributed by atoms with Crippen molar-refractivity contribution in [3.63, 3.8) is 0 Å². The zero-order chi connectivity index (χ0) is 25.3. The molecule has 4 rings (SSSR count). The number of aliphatic imine (C=N–C) groups is 2. The van der Waals surface area contributed by atoms with E-state index >= 15 is 0 Å². The number of pyridine rings is 2. The van der Waals surface area contributed by atoms with Gasteiger partial charge in [-0.2, -0.15) is 0 Å². The molecule has 0 saturated carbocycles. The molecule has 4 N–H and O–H groups in total. The number of phenols is 2. The average Bonchev–Trinajstić information content (AvgIpc) is 2.92. The summed E-state index contributed by atoms with van der Waals surface area (Å²) in [7, 11) is 0. The van der Waals surface area contributed by atoms with Crippen LogP contribution in [0.25, 0.3) is 11.4 Å². The summed E-state index contributed by atoms with van der Waals surface area (Å²) in [5, 5.41) is 40.3. The number of aliphatic hydroxyl groups excluding tert-OH is 2. The lowest BCUT2D eigenvalue weighted by Crippen LogP contribution is -2.04. The number of para-hydroxylation sites is 1. The van der Waals surface area contributed by atoms with Crippen molar-refractivity contribution in [1.82, 2.24) is 9.97 Å². The Morgan fingerprint density at radius 1 is 0.722 bits per heavy atom. The number of phenolic OH excluding ortho intramolecular Hbond substituents is 2. The van der Waals surface area contributed by atoms with Crippen LogP contribution in [0.2, 0.25) is 0 Å². The highest BCUT2D eigenvalue weighted by molar-refractivity contribution is 5.84. The van der Waals surface area contributed by atoms with E-state index < -0.39 is 6.10 Å². The van der Waals surface area contributed by atoms with Gasteiger partial charge in [0, 0.05) is 23.6 Å². The second-order valence-corrected chi connectivity index (χ2v) is 7.97. The third-order valence-electron chi connectivity index (χ3n) is 5.41. The summed E-state index contributed by atoms with van der Waals surface area (Å²) < 4.78 is 0. The lowest BCUT2D eigenvalue weighted by Gasteiger charge is -2.13. The van der Waals surface area contributed by atoms with E-state index in [-0.39, 0.29) is 18.1 Å². The van der Waals surface area contributed by atoms with Gasteiger partial charge >= 0.3 is 0 Å². The molecule has 0 amide bonds. The predicted molar refractivity (Wildman–Crippen MR) is 139 cm³/mol. The molecule has 36 heavy (non-hydrogen) atoms. The highest BCUT2D eigenvalue weighted by Gasteiger charge is 2.15. The summed E-state index contributed by atoms with van der Waals surface area (Å²) in [6, 6.07) is 22.3. The average molecular weight is 483 g/mol. The maximum atomic E-state index is 11.0.